The molecule has 0 spiro atoms. The maximum atomic E-state index is 6.42. The second kappa shape index (κ2) is 9.11. The van der Waals surface area contributed by atoms with Crippen molar-refractivity contribution >= 4 is 65.7 Å². The van der Waals surface area contributed by atoms with Gasteiger partial charge in [0.05, 0.1) is 16.6 Å². The average Bonchev–Trinajstić information content (AvgIpc) is 3.77. The molecule has 0 amide bonds. The Balaban J connectivity index is 1.32. The van der Waals surface area contributed by atoms with Crippen LogP contribution in [0.1, 0.15) is 0 Å². The maximum Gasteiger partial charge on any atom is 0.238 e. The monoisotopic (exact) mass is 578 g/mol. The topological polar surface area (TPSA) is 69.9 Å². The van der Waals surface area contributed by atoms with E-state index < -0.39 is 0 Å². The van der Waals surface area contributed by atoms with Crippen LogP contribution >= 0.6 is 0 Å². The largest absolute Gasteiger partial charge is 0.456 e. The number of furan rings is 2. The summed E-state index contributed by atoms with van der Waals surface area (Å²) < 4.78 is 14.8. The molecule has 0 aliphatic heterocycles. The summed E-state index contributed by atoms with van der Waals surface area (Å²) in [4.78, 5) is 15.3. The highest BCUT2D eigenvalue weighted by Gasteiger charge is 2.22. The summed E-state index contributed by atoms with van der Waals surface area (Å²) >= 11 is 0. The third-order valence-electron chi connectivity index (χ3n) is 8.68. The van der Waals surface area contributed by atoms with Crippen LogP contribution in [-0.4, -0.2) is 19.5 Å². The molecule has 0 saturated carbocycles. The molecule has 0 fully saturated rings. The summed E-state index contributed by atoms with van der Waals surface area (Å²) in [7, 11) is 0. The average molecular weight is 579 g/mol. The molecule has 0 atom stereocenters. The number of aromatic nitrogens is 4. The van der Waals surface area contributed by atoms with Crippen molar-refractivity contribution in [2.75, 3.05) is 0 Å². The Morgan fingerprint density at radius 2 is 1.11 bits per heavy atom. The van der Waals surface area contributed by atoms with Gasteiger partial charge >= 0.3 is 0 Å². The lowest BCUT2D eigenvalue weighted by molar-refractivity contribution is 0.669. The van der Waals surface area contributed by atoms with Gasteiger partial charge in [0.2, 0.25) is 5.95 Å². The molecule has 0 N–H and O–H groups in total. The molecule has 6 nitrogen and oxygen atoms in total. The van der Waals surface area contributed by atoms with Crippen molar-refractivity contribution in [1.82, 2.24) is 19.5 Å². The van der Waals surface area contributed by atoms with Crippen LogP contribution in [0.3, 0.4) is 0 Å². The molecule has 6 aromatic carbocycles. The van der Waals surface area contributed by atoms with E-state index in [-0.39, 0.29) is 0 Å². The highest BCUT2D eigenvalue weighted by atomic mass is 16.3. The van der Waals surface area contributed by atoms with Crippen LogP contribution in [0.25, 0.3) is 94.4 Å². The normalized spacial score (nSPS) is 12.0. The minimum Gasteiger partial charge on any atom is -0.456 e. The van der Waals surface area contributed by atoms with Gasteiger partial charge in [0.25, 0.3) is 0 Å². The fraction of sp³-hybridized carbons (Fsp3) is 0. The Kier molecular flexibility index (Phi) is 4.90. The highest BCUT2D eigenvalue weighted by molar-refractivity contribution is 6.27. The van der Waals surface area contributed by atoms with Gasteiger partial charge in [-0.3, -0.25) is 4.57 Å². The second-order valence-electron chi connectivity index (χ2n) is 11.2. The van der Waals surface area contributed by atoms with Crippen LogP contribution in [0.5, 0.6) is 0 Å². The van der Waals surface area contributed by atoms with Crippen molar-refractivity contribution in [2.45, 2.75) is 0 Å². The van der Waals surface area contributed by atoms with E-state index in [0.29, 0.717) is 17.6 Å². The van der Waals surface area contributed by atoms with Gasteiger partial charge in [-0.25, -0.2) is 4.98 Å². The van der Waals surface area contributed by atoms with E-state index in [1.165, 1.54) is 0 Å². The van der Waals surface area contributed by atoms with Crippen LogP contribution in [-0.2, 0) is 0 Å². The molecule has 0 bridgehead atoms. The van der Waals surface area contributed by atoms with E-state index in [1.54, 1.807) is 0 Å². The number of benzene rings is 6. The van der Waals surface area contributed by atoms with E-state index in [1.807, 2.05) is 78.9 Å². The lowest BCUT2D eigenvalue weighted by atomic mass is 10.1. The first kappa shape index (κ1) is 24.2. The third kappa shape index (κ3) is 3.48. The summed E-state index contributed by atoms with van der Waals surface area (Å²) in [6, 6.07) is 45.0. The number of hydrogen-bond donors (Lipinski definition) is 0. The molecule has 0 aliphatic carbocycles. The Morgan fingerprint density at radius 3 is 1.98 bits per heavy atom. The predicted molar refractivity (Wildman–Crippen MR) is 180 cm³/mol. The zero-order valence-electron chi connectivity index (χ0n) is 23.8. The van der Waals surface area contributed by atoms with Crippen LogP contribution in [0.15, 0.2) is 142 Å². The molecule has 4 aromatic heterocycles. The highest BCUT2D eigenvalue weighted by Crippen LogP contribution is 2.41. The van der Waals surface area contributed by atoms with Crippen LogP contribution < -0.4 is 0 Å². The predicted octanol–water partition coefficient (Wildman–Crippen LogP) is 10.1. The summed E-state index contributed by atoms with van der Waals surface area (Å²) in [5, 5.41) is 6.47. The lowest BCUT2D eigenvalue weighted by Gasteiger charge is -2.11. The molecular weight excluding hydrogens is 556 g/mol. The van der Waals surface area contributed by atoms with Gasteiger partial charge < -0.3 is 8.83 Å². The molecular formula is C39H22N4O2. The van der Waals surface area contributed by atoms with Gasteiger partial charge in [0.1, 0.15) is 22.3 Å². The molecule has 10 aromatic rings. The van der Waals surface area contributed by atoms with E-state index in [2.05, 4.69) is 59.2 Å². The zero-order valence-corrected chi connectivity index (χ0v) is 23.8. The van der Waals surface area contributed by atoms with Crippen molar-refractivity contribution in [3.05, 3.63) is 133 Å². The number of para-hydroxylation sites is 4. The third-order valence-corrected chi connectivity index (χ3v) is 8.68. The number of rotatable bonds is 3. The Morgan fingerprint density at radius 1 is 0.422 bits per heavy atom. The first-order chi connectivity index (χ1) is 22.3. The molecule has 210 valence electrons. The molecule has 45 heavy (non-hydrogen) atoms. The molecule has 0 radical (unpaired) electrons. The van der Waals surface area contributed by atoms with Crippen molar-refractivity contribution in [3.8, 4) is 28.7 Å². The van der Waals surface area contributed by atoms with Crippen molar-refractivity contribution in [2.24, 2.45) is 0 Å². The molecule has 0 saturated heterocycles. The Hall–Kier alpha value is -6.27. The summed E-state index contributed by atoms with van der Waals surface area (Å²) in [6.07, 6.45) is 0. The van der Waals surface area contributed by atoms with Gasteiger partial charge in [0.15, 0.2) is 11.6 Å². The van der Waals surface area contributed by atoms with Crippen LogP contribution in [0.2, 0.25) is 0 Å². The first-order valence-corrected chi connectivity index (χ1v) is 14.9. The van der Waals surface area contributed by atoms with E-state index in [9.17, 15) is 0 Å². The molecule has 6 heteroatoms. The van der Waals surface area contributed by atoms with Gasteiger partial charge in [-0.15, -0.1) is 0 Å². The maximum absolute atomic E-state index is 6.42. The molecule has 4 heterocycles. The summed E-state index contributed by atoms with van der Waals surface area (Å²) in [6.45, 7) is 0. The number of hydrogen-bond acceptors (Lipinski definition) is 5. The quantitative estimate of drug-likeness (QED) is 0.209. The summed E-state index contributed by atoms with van der Waals surface area (Å²) in [5.41, 5.74) is 7.02. The van der Waals surface area contributed by atoms with E-state index >= 15 is 0 Å². The molecule has 0 aliphatic rings. The van der Waals surface area contributed by atoms with Gasteiger partial charge in [-0.2, -0.15) is 9.97 Å². The van der Waals surface area contributed by atoms with Gasteiger partial charge in [0, 0.05) is 37.9 Å². The Bertz CT molecular complexity index is 2770. The summed E-state index contributed by atoms with van der Waals surface area (Å²) in [5.74, 6) is 1.67. The standard InChI is InChI=1S/C39H22N4O2/c1-2-11-23(12-3-1)37-40-38(28-17-10-16-25-24-13-5-8-19-31(24)45-36(25)28)42-39(41-37)43-29-18-7-4-14-26(29)34-30(43)21-22-33-35(34)27-15-6-9-20-32(27)44-33/h1-22H. The van der Waals surface area contributed by atoms with Gasteiger partial charge in [-0.05, 0) is 36.4 Å². The van der Waals surface area contributed by atoms with Crippen LogP contribution in [0, 0.1) is 0 Å². The smallest absolute Gasteiger partial charge is 0.238 e. The fourth-order valence-corrected chi connectivity index (χ4v) is 6.71. The SMILES string of the molecule is c1ccc(-c2nc(-c3cccc4c3oc3ccccc34)nc(-n3c4ccccc4c4c5c(ccc43)oc3ccccc35)n2)cc1. The number of fused-ring (bicyclic) bond motifs is 10. The van der Waals surface area contributed by atoms with Gasteiger partial charge in [-0.1, -0.05) is 97.1 Å². The first-order valence-electron chi connectivity index (χ1n) is 14.9. The minimum atomic E-state index is 0.533. The van der Waals surface area contributed by atoms with Crippen molar-refractivity contribution in [3.63, 3.8) is 0 Å². The Labute approximate surface area is 255 Å². The molecule has 0 unspecified atom stereocenters. The van der Waals surface area contributed by atoms with Crippen molar-refractivity contribution < 1.29 is 8.83 Å². The van der Waals surface area contributed by atoms with Crippen LogP contribution in [0.4, 0.5) is 0 Å². The zero-order chi connectivity index (χ0) is 29.5. The van der Waals surface area contributed by atoms with E-state index in [0.717, 1.165) is 76.8 Å². The lowest BCUT2D eigenvalue weighted by Crippen LogP contribution is -2.06. The molecule has 10 rings (SSSR count). The minimum absolute atomic E-state index is 0.533. The van der Waals surface area contributed by atoms with E-state index in [4.69, 9.17) is 23.8 Å². The van der Waals surface area contributed by atoms with Crippen molar-refractivity contribution in [1.29, 1.82) is 0 Å². The number of nitrogens with zero attached hydrogens (tertiary/aromatic N) is 4. The second-order valence-corrected chi connectivity index (χ2v) is 11.2. The fourth-order valence-electron chi connectivity index (χ4n) is 6.71.